The molecule has 0 aliphatic carbocycles. The third-order valence-corrected chi connectivity index (χ3v) is 6.20. The fraction of sp³-hybridized carbons (Fsp3) is 0.600. The van der Waals surface area contributed by atoms with Crippen molar-refractivity contribution in [3.8, 4) is 0 Å². The Bertz CT molecular complexity index is 743. The molecule has 0 unspecified atom stereocenters. The summed E-state index contributed by atoms with van der Waals surface area (Å²) < 4.78 is 0. The molecule has 0 spiro atoms. The number of likely N-dealkylation sites (tertiary alicyclic amines) is 2. The third-order valence-electron chi connectivity index (χ3n) is 5.87. The zero-order valence-electron chi connectivity index (χ0n) is 16.7. The fourth-order valence-electron chi connectivity index (χ4n) is 4.07. The van der Waals surface area contributed by atoms with Gasteiger partial charge >= 0.3 is 0 Å². The van der Waals surface area contributed by atoms with Gasteiger partial charge in [0.15, 0.2) is 0 Å². The molecule has 158 valence electrons. The number of aromatic nitrogens is 1. The Hall–Kier alpha value is -2.19. The van der Waals surface area contributed by atoms with Gasteiger partial charge in [0.1, 0.15) is 0 Å². The van der Waals surface area contributed by atoms with Crippen LogP contribution in [0.2, 0.25) is 5.02 Å². The summed E-state index contributed by atoms with van der Waals surface area (Å²) in [6.07, 6.45) is 6.52. The summed E-state index contributed by atoms with van der Waals surface area (Å²) in [5.41, 5.74) is 0.455. The standard InChI is InChI=1S/C20H28ClN5O3/c1-22-18(27)13-24-19(28)14-3-8-25(9-4-14)15-5-10-26(11-6-15)20(29)16-12-23-7-2-17(16)21/h2,7,12,14-15H,3-6,8-11,13H2,1H3,(H,22,27)(H,24,28). The molecule has 2 aliphatic heterocycles. The van der Waals surface area contributed by atoms with Gasteiger partial charge in [0.25, 0.3) is 5.91 Å². The molecule has 0 bridgehead atoms. The molecule has 2 N–H and O–H groups in total. The van der Waals surface area contributed by atoms with Gasteiger partial charge in [-0.1, -0.05) is 11.6 Å². The van der Waals surface area contributed by atoms with Gasteiger partial charge in [0.2, 0.25) is 11.8 Å². The van der Waals surface area contributed by atoms with Gasteiger partial charge in [-0.05, 0) is 44.8 Å². The maximum Gasteiger partial charge on any atom is 0.256 e. The van der Waals surface area contributed by atoms with Gasteiger partial charge in [-0.25, -0.2) is 0 Å². The van der Waals surface area contributed by atoms with Crippen LogP contribution in [0.1, 0.15) is 36.0 Å². The number of halogens is 1. The molecule has 0 saturated carbocycles. The average molecular weight is 422 g/mol. The molecular weight excluding hydrogens is 394 g/mol. The molecule has 8 nitrogen and oxygen atoms in total. The second-order valence-electron chi connectivity index (χ2n) is 7.58. The van der Waals surface area contributed by atoms with E-state index in [2.05, 4.69) is 20.5 Å². The van der Waals surface area contributed by atoms with Crippen molar-refractivity contribution < 1.29 is 14.4 Å². The summed E-state index contributed by atoms with van der Waals surface area (Å²) >= 11 is 6.13. The monoisotopic (exact) mass is 421 g/mol. The second-order valence-corrected chi connectivity index (χ2v) is 7.99. The zero-order valence-corrected chi connectivity index (χ0v) is 17.5. The molecule has 3 heterocycles. The van der Waals surface area contributed by atoms with Crippen molar-refractivity contribution in [2.75, 3.05) is 39.8 Å². The molecule has 0 radical (unpaired) electrons. The van der Waals surface area contributed by atoms with Crippen molar-refractivity contribution in [2.45, 2.75) is 31.7 Å². The first-order chi connectivity index (χ1) is 14.0. The van der Waals surface area contributed by atoms with Crippen molar-refractivity contribution >= 4 is 29.3 Å². The SMILES string of the molecule is CNC(=O)CNC(=O)C1CCN(C2CCN(C(=O)c3cnccc3Cl)CC2)CC1. The highest BCUT2D eigenvalue weighted by molar-refractivity contribution is 6.33. The topological polar surface area (TPSA) is 94.6 Å². The molecule has 9 heteroatoms. The molecule has 29 heavy (non-hydrogen) atoms. The molecule has 3 amide bonds. The van der Waals surface area contributed by atoms with Crippen LogP contribution in [-0.4, -0.2) is 78.3 Å². The normalized spacial score (nSPS) is 19.0. The maximum absolute atomic E-state index is 12.7. The third kappa shape index (κ3) is 5.45. The summed E-state index contributed by atoms with van der Waals surface area (Å²) in [5.74, 6) is -0.329. The minimum Gasteiger partial charge on any atom is -0.358 e. The van der Waals surface area contributed by atoms with Crippen LogP contribution < -0.4 is 10.6 Å². The van der Waals surface area contributed by atoms with Crippen LogP contribution in [-0.2, 0) is 9.59 Å². The maximum atomic E-state index is 12.7. The van der Waals surface area contributed by atoms with E-state index in [9.17, 15) is 14.4 Å². The summed E-state index contributed by atoms with van der Waals surface area (Å²) in [7, 11) is 1.55. The van der Waals surface area contributed by atoms with E-state index in [0.29, 0.717) is 29.7 Å². The number of hydrogen-bond donors (Lipinski definition) is 2. The van der Waals surface area contributed by atoms with E-state index in [1.54, 1.807) is 19.3 Å². The summed E-state index contributed by atoms with van der Waals surface area (Å²) in [4.78, 5) is 44.4. The molecule has 1 aromatic rings. The molecular formula is C20H28ClN5O3. The minimum absolute atomic E-state index is 0.0307. The van der Waals surface area contributed by atoms with Gasteiger partial charge in [0.05, 0.1) is 17.1 Å². The lowest BCUT2D eigenvalue weighted by Gasteiger charge is -2.41. The smallest absolute Gasteiger partial charge is 0.256 e. The van der Waals surface area contributed by atoms with Gasteiger partial charge < -0.3 is 20.4 Å². The number of pyridine rings is 1. The lowest BCUT2D eigenvalue weighted by molar-refractivity contribution is -0.129. The zero-order chi connectivity index (χ0) is 20.8. The number of carbonyl (C=O) groups excluding carboxylic acids is 3. The number of carbonyl (C=O) groups is 3. The number of likely N-dealkylation sites (N-methyl/N-ethyl adjacent to an activating group) is 1. The Morgan fingerprint density at radius 1 is 1.14 bits per heavy atom. The number of hydrogen-bond acceptors (Lipinski definition) is 5. The molecule has 1 aromatic heterocycles. The summed E-state index contributed by atoms with van der Waals surface area (Å²) in [5, 5.41) is 5.64. The van der Waals surface area contributed by atoms with Crippen molar-refractivity contribution in [3.05, 3.63) is 29.0 Å². The van der Waals surface area contributed by atoms with Crippen LogP contribution in [0.4, 0.5) is 0 Å². The number of piperidine rings is 2. The Morgan fingerprint density at radius 3 is 2.45 bits per heavy atom. The highest BCUT2D eigenvalue weighted by Crippen LogP contribution is 2.25. The van der Waals surface area contributed by atoms with Crippen molar-refractivity contribution in [2.24, 2.45) is 5.92 Å². The number of nitrogens with one attached hydrogen (secondary N) is 2. The largest absolute Gasteiger partial charge is 0.358 e. The Labute approximate surface area is 176 Å². The summed E-state index contributed by atoms with van der Waals surface area (Å²) in [6, 6.07) is 2.06. The van der Waals surface area contributed by atoms with Crippen LogP contribution in [0.3, 0.4) is 0 Å². The Kier molecular flexibility index (Phi) is 7.44. The molecule has 3 rings (SSSR count). The van der Waals surface area contributed by atoms with Crippen LogP contribution in [0.25, 0.3) is 0 Å². The van der Waals surface area contributed by atoms with E-state index >= 15 is 0 Å². The fourth-order valence-corrected chi connectivity index (χ4v) is 4.25. The van der Waals surface area contributed by atoms with Crippen LogP contribution in [0.15, 0.2) is 18.5 Å². The first-order valence-corrected chi connectivity index (χ1v) is 10.5. The van der Waals surface area contributed by atoms with Crippen molar-refractivity contribution in [3.63, 3.8) is 0 Å². The predicted molar refractivity (Wildman–Crippen MR) is 110 cm³/mol. The van der Waals surface area contributed by atoms with Gasteiger partial charge in [-0.15, -0.1) is 0 Å². The minimum atomic E-state index is -0.190. The Morgan fingerprint density at radius 2 is 1.83 bits per heavy atom. The van der Waals surface area contributed by atoms with Gasteiger partial charge in [-0.2, -0.15) is 0 Å². The molecule has 2 saturated heterocycles. The second kappa shape index (κ2) is 10.0. The molecule has 2 aliphatic rings. The first-order valence-electron chi connectivity index (χ1n) is 10.1. The number of nitrogens with zero attached hydrogens (tertiary/aromatic N) is 3. The molecule has 0 aromatic carbocycles. The van der Waals surface area contributed by atoms with E-state index in [0.717, 1.165) is 38.8 Å². The molecule has 0 atom stereocenters. The quantitative estimate of drug-likeness (QED) is 0.737. The van der Waals surface area contributed by atoms with Gasteiger partial charge in [-0.3, -0.25) is 19.4 Å². The highest BCUT2D eigenvalue weighted by atomic mass is 35.5. The summed E-state index contributed by atoms with van der Waals surface area (Å²) in [6.45, 7) is 3.15. The Balaban J connectivity index is 1.43. The van der Waals surface area contributed by atoms with Crippen LogP contribution >= 0.6 is 11.6 Å². The number of amides is 3. The van der Waals surface area contributed by atoms with E-state index in [-0.39, 0.29) is 30.2 Å². The van der Waals surface area contributed by atoms with Crippen LogP contribution in [0.5, 0.6) is 0 Å². The lowest BCUT2D eigenvalue weighted by Crippen LogP contribution is -2.50. The lowest BCUT2D eigenvalue weighted by atomic mass is 9.92. The predicted octanol–water partition coefficient (Wildman–Crippen LogP) is 0.914. The van der Waals surface area contributed by atoms with E-state index in [4.69, 9.17) is 11.6 Å². The van der Waals surface area contributed by atoms with Gasteiger partial charge in [0, 0.05) is 44.5 Å². The van der Waals surface area contributed by atoms with Crippen molar-refractivity contribution in [1.82, 2.24) is 25.4 Å². The molecule has 2 fully saturated rings. The van der Waals surface area contributed by atoms with E-state index in [1.807, 2.05) is 4.90 Å². The average Bonchev–Trinajstić information content (AvgIpc) is 2.77. The number of rotatable bonds is 5. The van der Waals surface area contributed by atoms with Crippen LogP contribution in [0, 0.1) is 5.92 Å². The highest BCUT2D eigenvalue weighted by Gasteiger charge is 2.32. The van der Waals surface area contributed by atoms with Crippen molar-refractivity contribution in [1.29, 1.82) is 0 Å². The van der Waals surface area contributed by atoms with E-state index < -0.39 is 0 Å². The van der Waals surface area contributed by atoms with E-state index in [1.165, 1.54) is 6.20 Å². The first kappa shape index (κ1) is 21.5.